The number of likely N-dealkylation sites (tertiary alicyclic amines) is 1. The molecule has 0 aliphatic carbocycles. The molecule has 0 spiro atoms. The van der Waals surface area contributed by atoms with Crippen molar-refractivity contribution in [3.63, 3.8) is 0 Å². The molecule has 0 saturated carbocycles. The number of carbonyl (C=O) groups excluding carboxylic acids is 3. The minimum absolute atomic E-state index is 0.0259. The number of sulfonamides is 1. The molecule has 2 unspecified atom stereocenters. The minimum atomic E-state index is -5.82. The summed E-state index contributed by atoms with van der Waals surface area (Å²) in [4.78, 5) is 39.8. The fraction of sp³-hybridized carbons (Fsp3) is 0.826. The first-order valence-corrected chi connectivity index (χ1v) is 13.7. The zero-order chi connectivity index (χ0) is 28.3. The van der Waals surface area contributed by atoms with E-state index < -0.39 is 57.3 Å². The van der Waals surface area contributed by atoms with Gasteiger partial charge >= 0.3 is 15.5 Å². The van der Waals surface area contributed by atoms with Crippen molar-refractivity contribution in [3.8, 4) is 6.07 Å². The average molecular weight is 552 g/mol. The smallest absolute Gasteiger partial charge is 0.356 e. The molecule has 3 amide bonds. The maximum Gasteiger partial charge on any atom is 0.511 e. The molecule has 2 saturated heterocycles. The van der Waals surface area contributed by atoms with Gasteiger partial charge in [-0.1, -0.05) is 34.6 Å². The van der Waals surface area contributed by atoms with E-state index in [1.54, 1.807) is 0 Å². The Hall–Kier alpha value is -2.40. The van der Waals surface area contributed by atoms with Crippen LogP contribution in [0.15, 0.2) is 0 Å². The molecule has 210 valence electrons. The molecule has 2 fully saturated rings. The minimum Gasteiger partial charge on any atom is -0.356 e. The number of amides is 3. The molecule has 0 aromatic heterocycles. The van der Waals surface area contributed by atoms with E-state index in [0.717, 1.165) is 4.90 Å². The normalized spacial score (nSPS) is 24.8. The molecule has 0 bridgehead atoms. The number of hydrogen-bond acceptors (Lipinski definition) is 6. The number of nitrogens with one attached hydrogen (secondary N) is 3. The van der Waals surface area contributed by atoms with Crippen LogP contribution in [0.5, 0.6) is 0 Å². The Balaban J connectivity index is 2.32. The highest BCUT2D eigenvalue weighted by molar-refractivity contribution is 7.90. The van der Waals surface area contributed by atoms with Gasteiger partial charge in [-0.25, -0.2) is 8.42 Å². The number of piperidine rings is 1. The third-order valence-corrected chi connectivity index (χ3v) is 8.26. The summed E-state index contributed by atoms with van der Waals surface area (Å²) in [6.45, 7) is 9.20. The standard InChI is InChI=1S/C23H36F3N5O5S/c1-13(2)18(30-37(35,36)23(24,25)26)21(34)31-9-7-15(22(3,4)5)11-17(31)20(33)29-16(12-27)10-14-6-8-28-19(14)32/h13-18,30H,6-11H2,1-5H3,(H,28,32)(H,29,33)/t14-,15?,16-,17?,18-/m0/s1. The van der Waals surface area contributed by atoms with Crippen LogP contribution in [0.25, 0.3) is 0 Å². The van der Waals surface area contributed by atoms with Crippen molar-refractivity contribution in [2.24, 2.45) is 23.2 Å². The van der Waals surface area contributed by atoms with Gasteiger partial charge in [-0.05, 0) is 42.9 Å². The Morgan fingerprint density at radius 3 is 2.30 bits per heavy atom. The predicted octanol–water partition coefficient (Wildman–Crippen LogP) is 1.64. The number of hydrogen-bond donors (Lipinski definition) is 3. The zero-order valence-electron chi connectivity index (χ0n) is 21.7. The lowest BCUT2D eigenvalue weighted by molar-refractivity contribution is -0.146. The fourth-order valence-corrected chi connectivity index (χ4v) is 5.56. The lowest BCUT2D eigenvalue weighted by Crippen LogP contribution is -2.61. The zero-order valence-corrected chi connectivity index (χ0v) is 22.5. The summed E-state index contributed by atoms with van der Waals surface area (Å²) in [5.41, 5.74) is -5.86. The summed E-state index contributed by atoms with van der Waals surface area (Å²) in [5, 5.41) is 14.8. The molecule has 0 aromatic rings. The van der Waals surface area contributed by atoms with Crippen LogP contribution in [0.3, 0.4) is 0 Å². The summed E-state index contributed by atoms with van der Waals surface area (Å²) in [5.74, 6) is -3.15. The van der Waals surface area contributed by atoms with Gasteiger partial charge in [-0.2, -0.15) is 23.2 Å². The third kappa shape index (κ3) is 7.56. The van der Waals surface area contributed by atoms with Crippen LogP contribution in [0.4, 0.5) is 13.2 Å². The van der Waals surface area contributed by atoms with Crippen molar-refractivity contribution in [1.29, 1.82) is 5.26 Å². The summed E-state index contributed by atoms with van der Waals surface area (Å²) < 4.78 is 64.1. The van der Waals surface area contributed by atoms with Crippen molar-refractivity contribution < 1.29 is 36.0 Å². The van der Waals surface area contributed by atoms with Gasteiger partial charge in [0.25, 0.3) is 0 Å². The summed E-state index contributed by atoms with van der Waals surface area (Å²) in [6, 6.07) is -1.93. The van der Waals surface area contributed by atoms with E-state index in [0.29, 0.717) is 19.4 Å². The molecule has 2 heterocycles. The maximum absolute atomic E-state index is 13.4. The van der Waals surface area contributed by atoms with Crippen LogP contribution in [0.1, 0.15) is 60.3 Å². The van der Waals surface area contributed by atoms with Gasteiger partial charge < -0.3 is 15.5 Å². The van der Waals surface area contributed by atoms with Gasteiger partial charge in [0.1, 0.15) is 18.1 Å². The summed E-state index contributed by atoms with van der Waals surface area (Å²) in [6.07, 6.45) is 1.24. The lowest BCUT2D eigenvalue weighted by atomic mass is 9.73. The van der Waals surface area contributed by atoms with Crippen molar-refractivity contribution in [3.05, 3.63) is 0 Å². The van der Waals surface area contributed by atoms with Crippen molar-refractivity contribution in [1.82, 2.24) is 20.3 Å². The number of alkyl halides is 3. The maximum atomic E-state index is 13.4. The van der Waals surface area contributed by atoms with Crippen LogP contribution >= 0.6 is 0 Å². The molecule has 37 heavy (non-hydrogen) atoms. The molecule has 2 rings (SSSR count). The second kappa shape index (κ2) is 11.6. The fourth-order valence-electron chi connectivity index (χ4n) is 4.71. The molecule has 14 heteroatoms. The van der Waals surface area contributed by atoms with Gasteiger partial charge in [-0.3, -0.25) is 14.4 Å². The molecule has 0 aromatic carbocycles. The molecule has 3 N–H and O–H groups in total. The van der Waals surface area contributed by atoms with Crippen LogP contribution in [-0.2, 0) is 24.4 Å². The third-order valence-electron chi connectivity index (χ3n) is 7.09. The van der Waals surface area contributed by atoms with Crippen LogP contribution in [-0.4, -0.2) is 67.8 Å². The Labute approximate surface area is 215 Å². The van der Waals surface area contributed by atoms with Crippen molar-refractivity contribution >= 4 is 27.7 Å². The first-order valence-electron chi connectivity index (χ1n) is 12.3. The highest BCUT2D eigenvalue weighted by Crippen LogP contribution is 2.37. The van der Waals surface area contributed by atoms with E-state index in [-0.39, 0.29) is 36.6 Å². The molecular weight excluding hydrogens is 515 g/mol. The Bertz CT molecular complexity index is 1020. The second-order valence-corrected chi connectivity index (χ2v) is 12.8. The Morgan fingerprint density at radius 1 is 1.22 bits per heavy atom. The summed E-state index contributed by atoms with van der Waals surface area (Å²) >= 11 is 0. The Kier molecular flexibility index (Phi) is 9.62. The predicted molar refractivity (Wildman–Crippen MR) is 128 cm³/mol. The van der Waals surface area contributed by atoms with Crippen molar-refractivity contribution in [2.45, 2.75) is 83.9 Å². The van der Waals surface area contributed by atoms with Gasteiger partial charge in [0.05, 0.1) is 6.07 Å². The quantitative estimate of drug-likeness (QED) is 0.418. The number of rotatable bonds is 8. The number of halogens is 3. The van der Waals surface area contributed by atoms with Gasteiger partial charge in [0.15, 0.2) is 0 Å². The number of nitrogens with zero attached hydrogens (tertiary/aromatic N) is 2. The van der Waals surface area contributed by atoms with Gasteiger partial charge in [-0.15, -0.1) is 0 Å². The first kappa shape index (κ1) is 30.8. The van der Waals surface area contributed by atoms with E-state index in [4.69, 9.17) is 0 Å². The number of nitriles is 1. The van der Waals surface area contributed by atoms with E-state index in [1.165, 1.54) is 18.6 Å². The lowest BCUT2D eigenvalue weighted by Gasteiger charge is -2.44. The SMILES string of the molecule is CC(C)[C@H](NS(=O)(=O)C(F)(F)F)C(=O)N1CCC(C(C)(C)C)CC1C(=O)N[C@H](C#N)C[C@@H]1CCNC1=O. The van der Waals surface area contributed by atoms with Crippen LogP contribution < -0.4 is 15.4 Å². The van der Waals surface area contributed by atoms with E-state index in [1.807, 2.05) is 26.8 Å². The molecule has 2 aliphatic heterocycles. The summed E-state index contributed by atoms with van der Waals surface area (Å²) in [7, 11) is -5.82. The first-order chi connectivity index (χ1) is 16.9. The van der Waals surface area contributed by atoms with E-state index >= 15 is 0 Å². The Morgan fingerprint density at radius 2 is 1.84 bits per heavy atom. The molecule has 10 nitrogen and oxygen atoms in total. The molecular formula is C23H36F3N5O5S. The van der Waals surface area contributed by atoms with Crippen LogP contribution in [0.2, 0.25) is 0 Å². The highest BCUT2D eigenvalue weighted by Gasteiger charge is 2.50. The topological polar surface area (TPSA) is 148 Å². The van der Waals surface area contributed by atoms with Gasteiger partial charge in [0.2, 0.25) is 17.7 Å². The van der Waals surface area contributed by atoms with E-state index in [9.17, 15) is 41.2 Å². The second-order valence-electron chi connectivity index (χ2n) is 11.1. The number of carbonyl (C=O) groups is 3. The average Bonchev–Trinajstić information content (AvgIpc) is 3.18. The van der Waals surface area contributed by atoms with Crippen molar-refractivity contribution in [2.75, 3.05) is 13.1 Å². The highest BCUT2D eigenvalue weighted by atomic mass is 32.2. The monoisotopic (exact) mass is 551 g/mol. The molecule has 2 aliphatic rings. The van der Waals surface area contributed by atoms with Gasteiger partial charge in [0, 0.05) is 19.0 Å². The largest absolute Gasteiger partial charge is 0.511 e. The van der Waals surface area contributed by atoms with Crippen LogP contribution in [0, 0.1) is 34.5 Å². The molecule has 5 atom stereocenters. The molecule has 0 radical (unpaired) electrons. The van der Waals surface area contributed by atoms with E-state index in [2.05, 4.69) is 10.6 Å².